The van der Waals surface area contributed by atoms with Crippen LogP contribution in [0.5, 0.6) is 0 Å². The molecule has 0 radical (unpaired) electrons. The number of hydrogen-bond donors (Lipinski definition) is 0. The summed E-state index contributed by atoms with van der Waals surface area (Å²) in [5.41, 5.74) is 0. The van der Waals surface area contributed by atoms with Crippen molar-refractivity contribution in [2.24, 2.45) is 0 Å². The van der Waals surface area contributed by atoms with Gasteiger partial charge in [0.2, 0.25) is 0 Å². The quantitative estimate of drug-likeness (QED) is 0.507. The van der Waals surface area contributed by atoms with Gasteiger partial charge in [0.1, 0.15) is 0 Å². The fourth-order valence-corrected chi connectivity index (χ4v) is 0.0668. The van der Waals surface area contributed by atoms with E-state index in [1.54, 1.807) is 0 Å². The molecule has 0 aliphatic carbocycles. The molecule has 0 bridgehead atoms. The van der Waals surface area contributed by atoms with Gasteiger partial charge >= 0.3 is 16.7 Å². The normalized spacial score (nSPS) is 18.1. The molecule has 0 aliphatic heterocycles. The second-order valence-corrected chi connectivity index (χ2v) is 2.34. The van der Waals surface area contributed by atoms with E-state index in [1.165, 1.54) is 0 Å². The first kappa shape index (κ1) is 6.88. The molecule has 0 aliphatic rings. The summed E-state index contributed by atoms with van der Waals surface area (Å²) in [6.45, 7) is -0.314. The van der Waals surface area contributed by atoms with Crippen LogP contribution in [-0.2, 0) is 15.9 Å². The zero-order valence-corrected chi connectivity index (χ0v) is 4.60. The molecular weight excluding hydrogens is 122 g/mol. The zero-order chi connectivity index (χ0) is 5.91. The van der Waals surface area contributed by atoms with E-state index < -0.39 is 11.7 Å². The summed E-state index contributed by atoms with van der Waals surface area (Å²) in [6.07, 6.45) is 0. The summed E-state index contributed by atoms with van der Waals surface area (Å²) in [7, 11) is 0. The summed E-state index contributed by atoms with van der Waals surface area (Å²) in [6, 6.07) is 0. The lowest BCUT2D eigenvalue weighted by Crippen LogP contribution is -2.17. The molecule has 0 aromatic carbocycles. The number of rotatable bonds is 2. The fourth-order valence-electron chi connectivity index (χ4n) is 0.0223. The van der Waals surface area contributed by atoms with Crippen molar-refractivity contribution in [1.82, 2.24) is 0 Å². The maximum atomic E-state index is 11.8. The van der Waals surface area contributed by atoms with Crippen LogP contribution in [0.3, 0.4) is 0 Å². The van der Waals surface area contributed by atoms with Gasteiger partial charge < -0.3 is 0 Å². The molecule has 0 rings (SSSR count). The third kappa shape index (κ3) is 2.56. The average molecular weight is 127 g/mol. The predicted molar refractivity (Wildman–Crippen MR) is 23.5 cm³/mol. The number of alkyl halides is 2. The second kappa shape index (κ2) is 2.26. The molecule has 0 N–H and O–H groups in total. The smallest absolute Gasteiger partial charge is 0.241 e. The summed E-state index contributed by atoms with van der Waals surface area (Å²) >= 11 is -0.365. The molecule has 0 aromatic rings. The van der Waals surface area contributed by atoms with Crippen LogP contribution < -0.4 is 0 Å². The van der Waals surface area contributed by atoms with Gasteiger partial charge in [0, 0.05) is 11.1 Å². The topological polar surface area (TPSA) is 17.1 Å². The Morgan fingerprint density at radius 1 is 1.86 bits per heavy atom. The highest BCUT2D eigenvalue weighted by Crippen LogP contribution is 2.07. The maximum absolute atomic E-state index is 11.8. The van der Waals surface area contributed by atoms with E-state index in [0.29, 0.717) is 0 Å². The average Bonchev–Trinajstić information content (AvgIpc) is 1.68. The first-order valence-corrected chi connectivity index (χ1v) is 2.42. The van der Waals surface area contributed by atoms with E-state index in [-0.39, 0.29) is 11.7 Å². The van der Waals surface area contributed by atoms with Crippen molar-refractivity contribution in [3.63, 3.8) is 0 Å². The highest BCUT2D eigenvalue weighted by atomic mass is 32.1. The lowest BCUT2D eigenvalue weighted by Gasteiger charge is -1.87. The SMILES string of the molecule is C[C@](F)(CF)[S+]=O. The fraction of sp³-hybridized carbons (Fsp3) is 1.00. The Morgan fingerprint density at radius 2 is 2.29 bits per heavy atom. The number of halogens is 2. The third-order valence-corrected chi connectivity index (χ3v) is 0.869. The monoisotopic (exact) mass is 127 g/mol. The van der Waals surface area contributed by atoms with Gasteiger partial charge in [-0.15, -0.1) is 0 Å². The molecule has 7 heavy (non-hydrogen) atoms. The zero-order valence-electron chi connectivity index (χ0n) is 3.78. The Hall–Kier alpha value is -0.120. The Balaban J connectivity index is 3.58. The van der Waals surface area contributed by atoms with Crippen LogP contribution >= 0.6 is 0 Å². The molecule has 42 valence electrons. The van der Waals surface area contributed by atoms with Crippen molar-refractivity contribution in [3.05, 3.63) is 0 Å². The van der Waals surface area contributed by atoms with Crippen LogP contribution in [0, 0.1) is 0 Å². The van der Waals surface area contributed by atoms with E-state index in [2.05, 4.69) is 0 Å². The van der Waals surface area contributed by atoms with Gasteiger partial charge in [0.15, 0.2) is 6.67 Å². The number of hydrogen-bond acceptors (Lipinski definition) is 1. The first-order chi connectivity index (χ1) is 3.12. The Morgan fingerprint density at radius 3 is 2.29 bits per heavy atom. The van der Waals surface area contributed by atoms with E-state index in [4.69, 9.17) is 0 Å². The molecule has 0 saturated carbocycles. The van der Waals surface area contributed by atoms with Crippen LogP contribution in [-0.4, -0.2) is 11.7 Å². The van der Waals surface area contributed by atoms with Crippen molar-refractivity contribution in [2.45, 2.75) is 11.9 Å². The van der Waals surface area contributed by atoms with Gasteiger partial charge in [0.25, 0.3) is 0 Å². The predicted octanol–water partition coefficient (Wildman–Crippen LogP) is 1.07. The molecule has 0 aromatic heterocycles. The van der Waals surface area contributed by atoms with Crippen molar-refractivity contribution < 1.29 is 13.0 Å². The van der Waals surface area contributed by atoms with E-state index in [9.17, 15) is 13.0 Å². The van der Waals surface area contributed by atoms with Crippen molar-refractivity contribution in [1.29, 1.82) is 0 Å². The molecule has 1 nitrogen and oxygen atoms in total. The highest BCUT2D eigenvalue weighted by Gasteiger charge is 2.38. The summed E-state index contributed by atoms with van der Waals surface area (Å²) in [5.74, 6) is 0. The molecule has 0 fully saturated rings. The summed E-state index contributed by atoms with van der Waals surface area (Å²) in [4.78, 5) is 0. The molecule has 0 amide bonds. The van der Waals surface area contributed by atoms with Crippen molar-refractivity contribution in [2.75, 3.05) is 6.67 Å². The third-order valence-electron chi connectivity index (χ3n) is 0.412. The van der Waals surface area contributed by atoms with Crippen LogP contribution in [0.25, 0.3) is 0 Å². The molecule has 0 saturated heterocycles. The second-order valence-electron chi connectivity index (χ2n) is 1.32. The van der Waals surface area contributed by atoms with Crippen LogP contribution in [0.15, 0.2) is 0 Å². The summed E-state index contributed by atoms with van der Waals surface area (Å²) in [5, 5.41) is -2.22. The Bertz CT molecular complexity index is 73.3. The largest absolute Gasteiger partial charge is 0.504 e. The lowest BCUT2D eigenvalue weighted by molar-refractivity contribution is 0.240. The van der Waals surface area contributed by atoms with Gasteiger partial charge in [0.05, 0.1) is 0 Å². The van der Waals surface area contributed by atoms with Crippen LogP contribution in [0.4, 0.5) is 8.78 Å². The van der Waals surface area contributed by atoms with Gasteiger partial charge in [-0.3, -0.25) is 0 Å². The van der Waals surface area contributed by atoms with E-state index in [1.807, 2.05) is 0 Å². The van der Waals surface area contributed by atoms with E-state index >= 15 is 0 Å². The molecule has 0 spiro atoms. The van der Waals surface area contributed by atoms with Crippen LogP contribution in [0.1, 0.15) is 6.92 Å². The van der Waals surface area contributed by atoms with Gasteiger partial charge in [-0.1, -0.05) is 0 Å². The summed E-state index contributed by atoms with van der Waals surface area (Å²) < 4.78 is 32.5. The maximum Gasteiger partial charge on any atom is 0.504 e. The highest BCUT2D eigenvalue weighted by molar-refractivity contribution is 7.67. The minimum Gasteiger partial charge on any atom is -0.241 e. The molecule has 1 atom stereocenters. The molecule has 4 heteroatoms. The standard InChI is InChI=1S/C3H5F2OS/c1-3(5,2-4)7-6/h2H2,1H3/q+1/t3-/m1/s1. The minimum atomic E-state index is -2.22. The minimum absolute atomic E-state index is 0.365. The molecule has 0 unspecified atom stereocenters. The lowest BCUT2D eigenvalue weighted by atomic mass is 10.5. The Kier molecular flexibility index (Phi) is 2.22. The van der Waals surface area contributed by atoms with Gasteiger partial charge in [-0.25, -0.2) is 4.39 Å². The Labute approximate surface area is 44.2 Å². The van der Waals surface area contributed by atoms with Gasteiger partial charge in [-0.05, 0) is 0 Å². The van der Waals surface area contributed by atoms with E-state index in [0.717, 1.165) is 6.92 Å². The first-order valence-electron chi connectivity index (χ1n) is 1.68. The van der Waals surface area contributed by atoms with Gasteiger partial charge in [-0.2, -0.15) is 4.39 Å². The molecular formula is C3H5F2OS+. The van der Waals surface area contributed by atoms with Crippen molar-refractivity contribution in [3.8, 4) is 0 Å². The van der Waals surface area contributed by atoms with Crippen molar-refractivity contribution >= 4 is 11.7 Å². The molecule has 0 heterocycles. The van der Waals surface area contributed by atoms with Crippen LogP contribution in [0.2, 0.25) is 0 Å².